The average molecular weight is 434 g/mol. The Morgan fingerprint density at radius 3 is 2.58 bits per heavy atom. The van der Waals surface area contributed by atoms with Crippen LogP contribution in [0.1, 0.15) is 23.6 Å². The molecule has 2 aromatic carbocycles. The van der Waals surface area contributed by atoms with E-state index in [1.165, 1.54) is 4.90 Å². The lowest BCUT2D eigenvalue weighted by Crippen LogP contribution is -2.30. The van der Waals surface area contributed by atoms with Gasteiger partial charge < -0.3 is 10.3 Å². The number of hydrogen-bond donors (Lipinski definition) is 1. The third-order valence-electron chi connectivity index (χ3n) is 5.35. The zero-order valence-electron chi connectivity index (χ0n) is 17.2. The fourth-order valence-corrected chi connectivity index (χ4v) is 4.73. The Morgan fingerprint density at radius 2 is 1.87 bits per heavy atom. The lowest BCUT2D eigenvalue weighted by molar-refractivity contribution is -0.122. The number of primary amides is 1. The second kappa shape index (κ2) is 8.81. The Hall–Kier alpha value is -3.32. The van der Waals surface area contributed by atoms with Gasteiger partial charge in [-0.25, -0.2) is 0 Å². The highest BCUT2D eigenvalue weighted by Crippen LogP contribution is 2.35. The van der Waals surface area contributed by atoms with Crippen LogP contribution in [-0.4, -0.2) is 33.1 Å². The number of nitrogens with two attached hydrogens (primary N) is 1. The van der Waals surface area contributed by atoms with Crippen LogP contribution >= 0.6 is 11.8 Å². The molecule has 0 bridgehead atoms. The Morgan fingerprint density at radius 1 is 1.10 bits per heavy atom. The number of carbonyl (C=O) groups excluding carboxylic acids is 3. The van der Waals surface area contributed by atoms with Gasteiger partial charge in [0.05, 0.1) is 10.4 Å². The highest BCUT2D eigenvalue weighted by atomic mass is 32.2. The predicted molar refractivity (Wildman–Crippen MR) is 123 cm³/mol. The van der Waals surface area contributed by atoms with Gasteiger partial charge >= 0.3 is 0 Å². The molecule has 6 nitrogen and oxygen atoms in total. The van der Waals surface area contributed by atoms with E-state index in [9.17, 15) is 14.4 Å². The molecule has 1 fully saturated rings. The van der Waals surface area contributed by atoms with Crippen molar-refractivity contribution >= 4 is 45.8 Å². The molecule has 0 atom stereocenters. The molecule has 0 spiro atoms. The Bertz CT molecular complexity index is 1200. The zero-order valence-corrected chi connectivity index (χ0v) is 18.0. The second-order valence-corrected chi connectivity index (χ2v) is 8.41. The number of fused-ring (bicyclic) bond motifs is 1. The van der Waals surface area contributed by atoms with E-state index < -0.39 is 5.91 Å². The summed E-state index contributed by atoms with van der Waals surface area (Å²) in [4.78, 5) is 38.7. The quantitative estimate of drug-likeness (QED) is 0.572. The van der Waals surface area contributed by atoms with Gasteiger partial charge in [0.15, 0.2) is 0 Å². The minimum Gasteiger partial charge on any atom is -0.368 e. The molecule has 1 aliphatic heterocycles. The largest absolute Gasteiger partial charge is 0.368 e. The SMILES string of the molecule is CCc1cccc2c(/C=C3\SC(=O)N(CCc4ccccc4)C3=O)cn(CC(N)=O)c12. The van der Waals surface area contributed by atoms with Crippen molar-refractivity contribution in [1.82, 2.24) is 9.47 Å². The number of carbonyl (C=O) groups is 3. The van der Waals surface area contributed by atoms with E-state index in [2.05, 4.69) is 0 Å². The lowest BCUT2D eigenvalue weighted by Gasteiger charge is -2.12. The van der Waals surface area contributed by atoms with Crippen molar-refractivity contribution in [2.75, 3.05) is 6.54 Å². The van der Waals surface area contributed by atoms with Gasteiger partial charge in [-0.1, -0.05) is 55.5 Å². The summed E-state index contributed by atoms with van der Waals surface area (Å²) >= 11 is 0.951. The number of para-hydroxylation sites is 1. The second-order valence-electron chi connectivity index (χ2n) is 7.41. The molecule has 0 saturated carbocycles. The van der Waals surface area contributed by atoms with Crippen LogP contribution in [0.2, 0.25) is 0 Å². The predicted octanol–water partition coefficient (Wildman–Crippen LogP) is 3.97. The molecule has 7 heteroatoms. The van der Waals surface area contributed by atoms with Crippen molar-refractivity contribution in [1.29, 1.82) is 0 Å². The zero-order chi connectivity index (χ0) is 22.0. The monoisotopic (exact) mass is 433 g/mol. The third kappa shape index (κ3) is 4.27. The van der Waals surface area contributed by atoms with Crippen molar-refractivity contribution in [3.05, 3.63) is 76.3 Å². The van der Waals surface area contributed by atoms with Gasteiger partial charge in [0.25, 0.3) is 11.1 Å². The third-order valence-corrected chi connectivity index (χ3v) is 6.25. The highest BCUT2D eigenvalue weighted by molar-refractivity contribution is 8.18. The van der Waals surface area contributed by atoms with E-state index in [-0.39, 0.29) is 17.7 Å². The topological polar surface area (TPSA) is 85.4 Å². The maximum Gasteiger partial charge on any atom is 0.293 e. The van der Waals surface area contributed by atoms with Gasteiger partial charge in [-0.2, -0.15) is 0 Å². The standard InChI is InChI=1S/C24H23N3O3S/c1-2-17-9-6-10-19-18(14-26(22(17)19)15-21(25)28)13-20-23(29)27(24(30)31-20)12-11-16-7-4-3-5-8-16/h3-10,13-14H,2,11-12,15H2,1H3,(H2,25,28)/b20-13-. The van der Waals surface area contributed by atoms with Gasteiger partial charge in [-0.3, -0.25) is 19.3 Å². The summed E-state index contributed by atoms with van der Waals surface area (Å²) in [5, 5.41) is 0.666. The van der Waals surface area contributed by atoms with Gasteiger partial charge in [-0.05, 0) is 41.8 Å². The molecule has 3 amide bonds. The maximum absolute atomic E-state index is 12.9. The highest BCUT2D eigenvalue weighted by Gasteiger charge is 2.34. The van der Waals surface area contributed by atoms with Crippen LogP contribution in [0.4, 0.5) is 4.79 Å². The van der Waals surface area contributed by atoms with Crippen LogP contribution < -0.4 is 5.73 Å². The number of amides is 3. The molecule has 0 unspecified atom stereocenters. The minimum atomic E-state index is -0.435. The van der Waals surface area contributed by atoms with Crippen molar-refractivity contribution in [3.63, 3.8) is 0 Å². The summed E-state index contributed by atoms with van der Waals surface area (Å²) in [6.45, 7) is 2.45. The number of rotatable bonds is 7. The average Bonchev–Trinajstić information content (AvgIpc) is 3.23. The smallest absolute Gasteiger partial charge is 0.293 e. The van der Waals surface area contributed by atoms with Crippen molar-refractivity contribution in [3.8, 4) is 0 Å². The van der Waals surface area contributed by atoms with E-state index in [1.54, 1.807) is 6.08 Å². The summed E-state index contributed by atoms with van der Waals surface area (Å²) in [5.41, 5.74) is 9.32. The van der Waals surface area contributed by atoms with E-state index in [4.69, 9.17) is 5.73 Å². The molecule has 31 heavy (non-hydrogen) atoms. The van der Waals surface area contributed by atoms with Gasteiger partial charge in [-0.15, -0.1) is 0 Å². The van der Waals surface area contributed by atoms with E-state index in [0.29, 0.717) is 17.9 Å². The number of benzene rings is 2. The van der Waals surface area contributed by atoms with Gasteiger partial charge in [0.1, 0.15) is 6.54 Å². The number of aryl methyl sites for hydroxylation is 1. The van der Waals surface area contributed by atoms with Crippen LogP contribution in [0.15, 0.2) is 59.6 Å². The fourth-order valence-electron chi connectivity index (χ4n) is 3.88. The first-order valence-corrected chi connectivity index (χ1v) is 11.0. The van der Waals surface area contributed by atoms with Crippen LogP contribution in [0.3, 0.4) is 0 Å². The molecule has 1 saturated heterocycles. The number of hydrogen-bond acceptors (Lipinski definition) is 4. The molecule has 4 rings (SSSR count). The summed E-state index contributed by atoms with van der Waals surface area (Å²) < 4.78 is 1.82. The van der Waals surface area contributed by atoms with Crippen molar-refractivity contribution < 1.29 is 14.4 Å². The maximum atomic E-state index is 12.9. The van der Waals surface area contributed by atoms with Gasteiger partial charge in [0, 0.05) is 23.7 Å². The first-order valence-electron chi connectivity index (χ1n) is 10.2. The van der Waals surface area contributed by atoms with Crippen LogP contribution in [-0.2, 0) is 29.0 Å². The first-order chi connectivity index (χ1) is 15.0. The molecule has 1 aromatic heterocycles. The van der Waals surface area contributed by atoms with Crippen LogP contribution in [0.25, 0.3) is 17.0 Å². The van der Waals surface area contributed by atoms with Crippen molar-refractivity contribution in [2.45, 2.75) is 26.3 Å². The summed E-state index contributed by atoms with van der Waals surface area (Å²) in [6, 6.07) is 15.7. The normalized spacial score (nSPS) is 15.4. The van der Waals surface area contributed by atoms with Crippen LogP contribution in [0, 0.1) is 0 Å². The summed E-state index contributed by atoms with van der Waals surface area (Å²) in [5.74, 6) is -0.719. The minimum absolute atomic E-state index is 0.0555. The number of aromatic nitrogens is 1. The fraction of sp³-hybridized carbons (Fsp3) is 0.208. The Kier molecular flexibility index (Phi) is 5.95. The molecule has 1 aliphatic rings. The lowest BCUT2D eigenvalue weighted by atomic mass is 10.1. The Labute approximate surface area is 184 Å². The van der Waals surface area contributed by atoms with E-state index in [0.717, 1.165) is 45.8 Å². The molecule has 3 aromatic rings. The van der Waals surface area contributed by atoms with Crippen LogP contribution in [0.5, 0.6) is 0 Å². The first kappa shape index (κ1) is 20.9. The Balaban J connectivity index is 1.64. The molecular formula is C24H23N3O3S. The number of thioether (sulfide) groups is 1. The van der Waals surface area contributed by atoms with Gasteiger partial charge in [0.2, 0.25) is 5.91 Å². The molecule has 158 valence electrons. The summed E-state index contributed by atoms with van der Waals surface area (Å²) in [7, 11) is 0. The molecular weight excluding hydrogens is 410 g/mol. The molecule has 0 radical (unpaired) electrons. The molecule has 0 aliphatic carbocycles. The number of imide groups is 1. The molecule has 2 N–H and O–H groups in total. The van der Waals surface area contributed by atoms with E-state index in [1.807, 2.05) is 66.2 Å². The van der Waals surface area contributed by atoms with E-state index >= 15 is 0 Å². The summed E-state index contributed by atoms with van der Waals surface area (Å²) in [6.07, 6.45) is 4.98. The number of nitrogens with zero attached hydrogens (tertiary/aromatic N) is 2. The van der Waals surface area contributed by atoms with Crippen molar-refractivity contribution in [2.24, 2.45) is 5.73 Å². The molecule has 2 heterocycles.